The van der Waals surface area contributed by atoms with Gasteiger partial charge in [-0.1, -0.05) is 164 Å². The van der Waals surface area contributed by atoms with Crippen molar-refractivity contribution >= 4 is 13.8 Å². The summed E-state index contributed by atoms with van der Waals surface area (Å²) in [7, 11) is -4.28. The van der Waals surface area contributed by atoms with Crippen LogP contribution in [0.25, 0.3) is 0 Å². The summed E-state index contributed by atoms with van der Waals surface area (Å²) < 4.78 is 33.2. The van der Waals surface area contributed by atoms with Gasteiger partial charge in [-0.3, -0.25) is 13.8 Å². The highest BCUT2D eigenvalue weighted by Crippen LogP contribution is 2.43. The second-order valence-corrected chi connectivity index (χ2v) is 15.3. The Morgan fingerprint density at radius 1 is 0.593 bits per heavy atom. The van der Waals surface area contributed by atoms with Crippen LogP contribution in [-0.4, -0.2) is 43.3 Å². The SMILES string of the molecule is CCC=CCC=CCC=CCC=CCC=CCCCCCC(=O)OC[C@H](COP(=O)(O)OCCN)OC=CCCCCCCCCCCCCCCCC. The topological polar surface area (TPSA) is 117 Å². The molecule has 0 aromatic rings. The molecule has 0 spiro atoms. The molecule has 0 bridgehead atoms. The molecule has 9 heteroatoms. The molecule has 0 aromatic heterocycles. The maximum Gasteiger partial charge on any atom is 0.472 e. The molecule has 0 aliphatic rings. The van der Waals surface area contributed by atoms with E-state index < -0.39 is 13.9 Å². The van der Waals surface area contributed by atoms with Crippen LogP contribution in [-0.2, 0) is 27.9 Å². The standard InChI is InChI=1S/C45H80NO7P/c1-3-5-7-9-11-13-15-17-19-21-22-23-24-26-28-30-32-34-36-38-45(47)51-42-44(43-53-54(48,49)52-41-39-46)50-40-37-35-33-31-29-27-25-20-18-16-14-12-10-8-6-4-2/h5,7,11,13,17,19,22-23,26,28,37,40,44H,3-4,6,8-10,12,14-16,18,20-21,24-25,27,29-36,38-39,41-43,46H2,1-2H3,(H,48,49)/t44-/m1/s1. The van der Waals surface area contributed by atoms with Crippen molar-refractivity contribution in [3.05, 3.63) is 73.1 Å². The number of rotatable bonds is 40. The molecule has 312 valence electrons. The van der Waals surface area contributed by atoms with Crippen molar-refractivity contribution in [2.45, 2.75) is 180 Å². The molecule has 0 amide bonds. The fraction of sp³-hybridized carbons (Fsp3) is 0.711. The normalized spacial score (nSPS) is 14.1. The fourth-order valence-corrected chi connectivity index (χ4v) is 6.30. The summed E-state index contributed by atoms with van der Waals surface area (Å²) in [4.78, 5) is 22.3. The van der Waals surface area contributed by atoms with Gasteiger partial charge in [-0.2, -0.15) is 0 Å². The minimum Gasteiger partial charge on any atom is -0.492 e. The predicted molar refractivity (Wildman–Crippen MR) is 228 cm³/mol. The molecule has 8 nitrogen and oxygen atoms in total. The number of hydrogen-bond donors (Lipinski definition) is 2. The summed E-state index contributed by atoms with van der Waals surface area (Å²) in [5.41, 5.74) is 5.36. The Balaban J connectivity index is 4.16. The van der Waals surface area contributed by atoms with Gasteiger partial charge < -0.3 is 20.1 Å². The third-order valence-electron chi connectivity index (χ3n) is 8.73. The predicted octanol–water partition coefficient (Wildman–Crippen LogP) is 13.1. The van der Waals surface area contributed by atoms with Crippen molar-refractivity contribution in [3.8, 4) is 0 Å². The minimum absolute atomic E-state index is 0.0844. The number of unbranched alkanes of at least 4 members (excludes halogenated alkanes) is 17. The maximum atomic E-state index is 12.4. The van der Waals surface area contributed by atoms with E-state index in [9.17, 15) is 14.3 Å². The van der Waals surface area contributed by atoms with E-state index in [1.807, 2.05) is 6.08 Å². The number of ether oxygens (including phenoxy) is 2. The lowest BCUT2D eigenvalue weighted by Crippen LogP contribution is -2.25. The molecule has 0 aliphatic heterocycles. The van der Waals surface area contributed by atoms with Gasteiger partial charge in [0.05, 0.1) is 19.5 Å². The lowest BCUT2D eigenvalue weighted by molar-refractivity contribution is -0.147. The quantitative estimate of drug-likeness (QED) is 0.0208. The Morgan fingerprint density at radius 3 is 1.57 bits per heavy atom. The Kier molecular flexibility index (Phi) is 40.2. The number of phosphoric ester groups is 1. The van der Waals surface area contributed by atoms with E-state index in [0.29, 0.717) is 6.42 Å². The van der Waals surface area contributed by atoms with Gasteiger partial charge in [0, 0.05) is 13.0 Å². The smallest absolute Gasteiger partial charge is 0.472 e. The first-order valence-electron chi connectivity index (χ1n) is 21.5. The van der Waals surface area contributed by atoms with Crippen LogP contribution in [0.5, 0.6) is 0 Å². The van der Waals surface area contributed by atoms with Crippen LogP contribution in [0.3, 0.4) is 0 Å². The first kappa shape index (κ1) is 51.8. The van der Waals surface area contributed by atoms with Crippen molar-refractivity contribution in [2.75, 3.05) is 26.4 Å². The van der Waals surface area contributed by atoms with Crippen molar-refractivity contribution in [1.29, 1.82) is 0 Å². The van der Waals surface area contributed by atoms with Crippen LogP contribution in [0.1, 0.15) is 174 Å². The van der Waals surface area contributed by atoms with Crippen LogP contribution in [0.4, 0.5) is 0 Å². The number of allylic oxidation sites excluding steroid dienone is 11. The van der Waals surface area contributed by atoms with Crippen LogP contribution >= 0.6 is 7.82 Å². The third-order valence-corrected chi connectivity index (χ3v) is 9.71. The molecule has 0 saturated carbocycles. The Bertz CT molecular complexity index is 1050. The average Bonchev–Trinajstić information content (AvgIpc) is 3.16. The highest BCUT2D eigenvalue weighted by atomic mass is 31.2. The van der Waals surface area contributed by atoms with Crippen LogP contribution in [0, 0.1) is 0 Å². The summed E-state index contributed by atoms with van der Waals surface area (Å²) in [6.45, 7) is 4.06. The third kappa shape index (κ3) is 41.0. The van der Waals surface area contributed by atoms with E-state index in [2.05, 4.69) is 74.6 Å². The number of carbonyl (C=O) groups excluding carboxylic acids is 1. The van der Waals surface area contributed by atoms with Crippen LogP contribution in [0.2, 0.25) is 0 Å². The summed E-state index contributed by atoms with van der Waals surface area (Å²) in [6.07, 6.45) is 53.0. The van der Waals surface area contributed by atoms with Crippen LogP contribution in [0.15, 0.2) is 73.1 Å². The van der Waals surface area contributed by atoms with Gasteiger partial charge in [0.1, 0.15) is 6.61 Å². The summed E-state index contributed by atoms with van der Waals surface area (Å²) in [5, 5.41) is 0. The second kappa shape index (κ2) is 41.9. The lowest BCUT2D eigenvalue weighted by Gasteiger charge is -2.19. The first-order chi connectivity index (χ1) is 26.4. The van der Waals surface area contributed by atoms with Gasteiger partial charge >= 0.3 is 13.8 Å². The van der Waals surface area contributed by atoms with Gasteiger partial charge in [-0.15, -0.1) is 0 Å². The van der Waals surface area contributed by atoms with Gasteiger partial charge in [0.15, 0.2) is 6.10 Å². The zero-order chi connectivity index (χ0) is 39.5. The highest BCUT2D eigenvalue weighted by Gasteiger charge is 2.24. The Morgan fingerprint density at radius 2 is 1.06 bits per heavy atom. The highest BCUT2D eigenvalue weighted by molar-refractivity contribution is 7.47. The zero-order valence-electron chi connectivity index (χ0n) is 34.4. The second-order valence-electron chi connectivity index (χ2n) is 13.9. The lowest BCUT2D eigenvalue weighted by atomic mass is 10.0. The van der Waals surface area contributed by atoms with Crippen molar-refractivity contribution < 1.29 is 32.8 Å². The minimum atomic E-state index is -4.28. The monoisotopic (exact) mass is 778 g/mol. The molecule has 0 radical (unpaired) electrons. The number of carbonyl (C=O) groups is 1. The Hall–Kier alpha value is -2.22. The number of esters is 1. The van der Waals surface area contributed by atoms with Gasteiger partial charge in [-0.25, -0.2) is 4.57 Å². The molecule has 0 saturated heterocycles. The van der Waals surface area contributed by atoms with E-state index in [1.54, 1.807) is 6.26 Å². The van der Waals surface area contributed by atoms with E-state index >= 15 is 0 Å². The molecule has 0 aromatic carbocycles. The Labute approximate surface area is 331 Å². The number of phosphoric acid groups is 1. The molecular weight excluding hydrogens is 697 g/mol. The maximum absolute atomic E-state index is 12.4. The van der Waals surface area contributed by atoms with Gasteiger partial charge in [-0.05, 0) is 70.3 Å². The van der Waals surface area contributed by atoms with Crippen molar-refractivity contribution in [3.63, 3.8) is 0 Å². The molecule has 1 unspecified atom stereocenters. The molecule has 2 atom stereocenters. The van der Waals surface area contributed by atoms with Crippen LogP contribution < -0.4 is 5.73 Å². The molecule has 0 heterocycles. The first-order valence-corrected chi connectivity index (χ1v) is 23.0. The molecule has 3 N–H and O–H groups in total. The van der Waals surface area contributed by atoms with Crippen molar-refractivity contribution in [1.82, 2.24) is 0 Å². The number of nitrogens with two attached hydrogens (primary N) is 1. The van der Waals surface area contributed by atoms with E-state index in [1.165, 1.54) is 83.5 Å². The average molecular weight is 778 g/mol. The van der Waals surface area contributed by atoms with Crippen molar-refractivity contribution in [2.24, 2.45) is 5.73 Å². The van der Waals surface area contributed by atoms with Gasteiger partial charge in [0.25, 0.3) is 0 Å². The molecule has 0 fully saturated rings. The molecule has 54 heavy (non-hydrogen) atoms. The fourth-order valence-electron chi connectivity index (χ4n) is 5.54. The van der Waals surface area contributed by atoms with E-state index in [4.69, 9.17) is 24.3 Å². The summed E-state index contributed by atoms with van der Waals surface area (Å²) in [6, 6.07) is 0. The van der Waals surface area contributed by atoms with Gasteiger partial charge in [0.2, 0.25) is 0 Å². The summed E-state index contributed by atoms with van der Waals surface area (Å²) in [5.74, 6) is -0.323. The largest absolute Gasteiger partial charge is 0.492 e. The van der Waals surface area contributed by atoms with E-state index in [-0.39, 0.29) is 32.3 Å². The molecule has 0 aliphatic carbocycles. The zero-order valence-corrected chi connectivity index (χ0v) is 35.3. The molecule has 0 rings (SSSR count). The molecular formula is C45H80NO7P. The summed E-state index contributed by atoms with van der Waals surface area (Å²) >= 11 is 0. The van der Waals surface area contributed by atoms with E-state index in [0.717, 1.165) is 70.6 Å². The number of hydrogen-bond acceptors (Lipinski definition) is 7.